The molecule has 0 aromatic rings. The Morgan fingerprint density at radius 3 is 1.86 bits per heavy atom. The Balaban J connectivity index is 1.83. The van der Waals surface area contributed by atoms with Gasteiger partial charge in [-0.2, -0.15) is 0 Å². The van der Waals surface area contributed by atoms with Gasteiger partial charge in [-0.3, -0.25) is 14.7 Å². The predicted molar refractivity (Wildman–Crippen MR) is 120 cm³/mol. The maximum atomic E-state index is 3.06. The maximum Gasteiger partial charge on any atom is 0.0526 e. The van der Waals surface area contributed by atoms with Gasteiger partial charge in [-0.15, -0.1) is 0 Å². The molecule has 4 rings (SSSR count). The van der Waals surface area contributed by atoms with Gasteiger partial charge in [-0.25, -0.2) is 0 Å². The molecule has 0 spiro atoms. The van der Waals surface area contributed by atoms with Crippen molar-refractivity contribution in [3.8, 4) is 0 Å². The lowest BCUT2D eigenvalue weighted by Crippen LogP contribution is -2.78. The van der Waals surface area contributed by atoms with Gasteiger partial charge in [0, 0.05) is 48.8 Å². The SMILES string of the molecule is CC(C)C1C[C@@H]2CC[C@]([C@]34CC[C@H](CN(C(C)C)C3)N4C(C)C)(C1)N2C(C)C. The van der Waals surface area contributed by atoms with Crippen LogP contribution in [0.1, 0.15) is 93.9 Å². The van der Waals surface area contributed by atoms with Crippen LogP contribution in [0.4, 0.5) is 0 Å². The molecule has 0 aromatic carbocycles. The van der Waals surface area contributed by atoms with Crippen LogP contribution in [0.15, 0.2) is 0 Å². The fourth-order valence-electron chi connectivity index (χ4n) is 8.38. The lowest BCUT2D eigenvalue weighted by molar-refractivity contribution is -0.149. The normalized spacial score (nSPS) is 42.6. The fourth-order valence-corrected chi connectivity index (χ4v) is 8.38. The van der Waals surface area contributed by atoms with E-state index in [1.807, 2.05) is 0 Å². The van der Waals surface area contributed by atoms with Crippen LogP contribution in [0.5, 0.6) is 0 Å². The van der Waals surface area contributed by atoms with Crippen molar-refractivity contribution in [1.82, 2.24) is 14.7 Å². The Bertz CT molecular complexity index is 520. The Morgan fingerprint density at radius 2 is 1.29 bits per heavy atom. The zero-order chi connectivity index (χ0) is 20.4. The minimum atomic E-state index is 0.348. The summed E-state index contributed by atoms with van der Waals surface area (Å²) < 4.78 is 0. The summed E-state index contributed by atoms with van der Waals surface area (Å²) in [6.45, 7) is 22.3. The fraction of sp³-hybridized carbons (Fsp3) is 1.00. The summed E-state index contributed by atoms with van der Waals surface area (Å²) in [4.78, 5) is 8.95. The molecule has 4 saturated heterocycles. The van der Waals surface area contributed by atoms with Crippen LogP contribution in [0.3, 0.4) is 0 Å². The molecule has 0 aromatic heterocycles. The standard InChI is InChI=1S/C25H47N3/c1-17(2)21-13-22-9-11-24(14-21,27(22)19(5)6)25-12-10-23(28(25)20(7)8)15-26(16-25)18(3)4/h17-23H,9-16H2,1-8H3/t21?,22-,23+,24+,25-/m0/s1. The van der Waals surface area contributed by atoms with E-state index >= 15 is 0 Å². The monoisotopic (exact) mass is 389 g/mol. The molecule has 3 nitrogen and oxygen atoms in total. The number of rotatable bonds is 5. The third-order valence-corrected chi connectivity index (χ3v) is 9.29. The molecule has 4 heterocycles. The number of piperazine rings is 1. The summed E-state index contributed by atoms with van der Waals surface area (Å²) in [5.74, 6) is 1.72. The van der Waals surface area contributed by atoms with E-state index in [1.165, 1.54) is 51.6 Å². The van der Waals surface area contributed by atoms with Gasteiger partial charge in [-0.05, 0) is 91.9 Å². The first-order valence-electron chi connectivity index (χ1n) is 12.4. The first kappa shape index (κ1) is 21.1. The van der Waals surface area contributed by atoms with Gasteiger partial charge in [-0.1, -0.05) is 13.8 Å². The second-order valence-corrected chi connectivity index (χ2v) is 11.9. The van der Waals surface area contributed by atoms with Crippen LogP contribution < -0.4 is 0 Å². The molecule has 5 atom stereocenters. The smallest absolute Gasteiger partial charge is 0.0526 e. The molecule has 0 N–H and O–H groups in total. The minimum Gasteiger partial charge on any atom is -0.297 e. The summed E-state index contributed by atoms with van der Waals surface area (Å²) in [6.07, 6.45) is 8.56. The molecule has 4 aliphatic rings. The third kappa shape index (κ3) is 2.86. The molecule has 4 bridgehead atoms. The zero-order valence-corrected chi connectivity index (χ0v) is 20.0. The van der Waals surface area contributed by atoms with Crippen LogP contribution in [0.25, 0.3) is 0 Å². The van der Waals surface area contributed by atoms with Gasteiger partial charge >= 0.3 is 0 Å². The highest BCUT2D eigenvalue weighted by molar-refractivity contribution is 5.26. The van der Waals surface area contributed by atoms with Crippen LogP contribution in [0, 0.1) is 11.8 Å². The number of fused-ring (bicyclic) bond motifs is 5. The van der Waals surface area contributed by atoms with Gasteiger partial charge < -0.3 is 0 Å². The molecule has 3 heteroatoms. The van der Waals surface area contributed by atoms with E-state index in [4.69, 9.17) is 0 Å². The maximum absolute atomic E-state index is 3.06. The quantitative estimate of drug-likeness (QED) is 0.655. The highest BCUT2D eigenvalue weighted by Crippen LogP contribution is 2.60. The van der Waals surface area contributed by atoms with Crippen LogP contribution in [-0.2, 0) is 0 Å². The summed E-state index contributed by atoms with van der Waals surface area (Å²) in [5.41, 5.74) is 0.729. The second kappa shape index (κ2) is 7.24. The summed E-state index contributed by atoms with van der Waals surface area (Å²) in [5, 5.41) is 0. The summed E-state index contributed by atoms with van der Waals surface area (Å²) >= 11 is 0. The van der Waals surface area contributed by atoms with Crippen molar-refractivity contribution in [1.29, 1.82) is 0 Å². The first-order valence-corrected chi connectivity index (χ1v) is 12.4. The summed E-state index contributed by atoms with van der Waals surface area (Å²) in [7, 11) is 0. The van der Waals surface area contributed by atoms with Crippen molar-refractivity contribution >= 4 is 0 Å². The van der Waals surface area contributed by atoms with Crippen molar-refractivity contribution in [2.75, 3.05) is 13.1 Å². The van der Waals surface area contributed by atoms with Gasteiger partial charge in [0.15, 0.2) is 0 Å². The number of hydrogen-bond donors (Lipinski definition) is 0. The van der Waals surface area contributed by atoms with Crippen LogP contribution >= 0.6 is 0 Å². The molecule has 28 heavy (non-hydrogen) atoms. The lowest BCUT2D eigenvalue weighted by atomic mass is 9.64. The average Bonchev–Trinajstić information content (AvgIpc) is 3.01. The van der Waals surface area contributed by atoms with Crippen molar-refractivity contribution in [2.24, 2.45) is 11.8 Å². The highest BCUT2D eigenvalue weighted by atomic mass is 15.4. The molecule has 4 aliphatic heterocycles. The van der Waals surface area contributed by atoms with E-state index < -0.39 is 0 Å². The van der Waals surface area contributed by atoms with Crippen molar-refractivity contribution in [2.45, 2.75) is 135 Å². The average molecular weight is 390 g/mol. The van der Waals surface area contributed by atoms with E-state index in [9.17, 15) is 0 Å². The van der Waals surface area contributed by atoms with E-state index in [1.54, 1.807) is 0 Å². The van der Waals surface area contributed by atoms with E-state index in [-0.39, 0.29) is 0 Å². The van der Waals surface area contributed by atoms with E-state index in [0.29, 0.717) is 29.2 Å². The molecular formula is C25H47N3. The van der Waals surface area contributed by atoms with Crippen molar-refractivity contribution in [3.63, 3.8) is 0 Å². The van der Waals surface area contributed by atoms with Crippen molar-refractivity contribution in [3.05, 3.63) is 0 Å². The topological polar surface area (TPSA) is 9.72 Å². The minimum absolute atomic E-state index is 0.348. The Hall–Kier alpha value is -0.120. The number of nitrogens with zero attached hydrogens (tertiary/aromatic N) is 3. The molecule has 4 fully saturated rings. The number of piperidine rings is 1. The first-order chi connectivity index (χ1) is 13.1. The Kier molecular flexibility index (Phi) is 5.46. The molecule has 0 aliphatic carbocycles. The van der Waals surface area contributed by atoms with Gasteiger partial charge in [0.2, 0.25) is 0 Å². The van der Waals surface area contributed by atoms with Gasteiger partial charge in [0.1, 0.15) is 0 Å². The number of hydrogen-bond acceptors (Lipinski definition) is 3. The predicted octanol–water partition coefficient (Wildman–Crippen LogP) is 5.00. The molecule has 0 radical (unpaired) electrons. The van der Waals surface area contributed by atoms with Crippen LogP contribution in [0.2, 0.25) is 0 Å². The number of likely N-dealkylation sites (tertiary alicyclic amines) is 1. The molecule has 1 unspecified atom stereocenters. The third-order valence-electron chi connectivity index (χ3n) is 9.29. The van der Waals surface area contributed by atoms with Crippen LogP contribution in [-0.4, -0.2) is 69.1 Å². The molecular weight excluding hydrogens is 342 g/mol. The van der Waals surface area contributed by atoms with Gasteiger partial charge in [0.05, 0.1) is 5.54 Å². The Morgan fingerprint density at radius 1 is 0.714 bits per heavy atom. The zero-order valence-electron chi connectivity index (χ0n) is 20.0. The van der Waals surface area contributed by atoms with Gasteiger partial charge in [0.25, 0.3) is 0 Å². The molecule has 0 amide bonds. The molecule has 0 saturated carbocycles. The lowest BCUT2D eigenvalue weighted by Gasteiger charge is -2.65. The van der Waals surface area contributed by atoms with Crippen molar-refractivity contribution < 1.29 is 0 Å². The summed E-state index contributed by atoms with van der Waals surface area (Å²) in [6, 6.07) is 3.57. The van der Waals surface area contributed by atoms with E-state index in [0.717, 1.165) is 23.9 Å². The second-order valence-electron chi connectivity index (χ2n) is 11.9. The largest absolute Gasteiger partial charge is 0.297 e. The molecule has 162 valence electrons. The Labute approximate surface area is 175 Å². The highest BCUT2D eigenvalue weighted by Gasteiger charge is 2.68. The van der Waals surface area contributed by atoms with E-state index in [2.05, 4.69) is 70.1 Å².